The molecule has 0 amide bonds. The van der Waals surface area contributed by atoms with Crippen LogP contribution in [-0.2, 0) is 67.4 Å². The van der Waals surface area contributed by atoms with Crippen LogP contribution in [-0.4, -0.2) is 29.9 Å². The summed E-state index contributed by atoms with van der Waals surface area (Å²) in [6.45, 7) is 7.82. The molecule has 6 nitrogen and oxygen atoms in total. The van der Waals surface area contributed by atoms with E-state index in [-0.39, 0.29) is 42.1 Å². The van der Waals surface area contributed by atoms with Crippen molar-refractivity contribution in [1.29, 1.82) is 0 Å². The Bertz CT molecular complexity index is 1510. The minimum absolute atomic E-state index is 0. The molecule has 0 radical (unpaired) electrons. The minimum atomic E-state index is 0. The molecule has 6 rings (SSSR count). The molecule has 0 aliphatic rings. The molecule has 0 fully saturated rings. The molecule has 0 saturated carbocycles. The van der Waals surface area contributed by atoms with Crippen molar-refractivity contribution in [3.63, 3.8) is 0 Å². The molecule has 0 N–H and O–H groups in total. The van der Waals surface area contributed by atoms with E-state index in [0.29, 0.717) is 10.1 Å². The van der Waals surface area contributed by atoms with E-state index in [9.17, 15) is 0 Å². The predicted octanol–water partition coefficient (Wildman–Crippen LogP) is 7.09. The molecule has 0 spiro atoms. The topological polar surface area (TPSA) is 77.3 Å². The molecule has 10 heteroatoms. The van der Waals surface area contributed by atoms with Crippen LogP contribution in [0.1, 0.15) is 22.8 Å². The zero-order valence-electron chi connectivity index (χ0n) is 24.5. The second kappa shape index (κ2) is 21.4. The van der Waals surface area contributed by atoms with E-state index in [1.165, 1.54) is 0 Å². The number of aryl methyl sites for hydroxylation is 4. The summed E-state index contributed by atoms with van der Waals surface area (Å²) < 4.78 is 0. The summed E-state index contributed by atoms with van der Waals surface area (Å²) in [5.41, 5.74) is 7.62. The van der Waals surface area contributed by atoms with E-state index in [4.69, 9.17) is 25.3 Å². The molecule has 0 aliphatic carbocycles. The maximum absolute atomic E-state index is 4.70. The van der Waals surface area contributed by atoms with Crippen LogP contribution in [0.5, 0.6) is 0 Å². The molecular weight excluding hydrogens is 947 g/mol. The normalized spacial score (nSPS) is 9.18. The first-order chi connectivity index (χ1) is 20.3. The van der Waals surface area contributed by atoms with Gasteiger partial charge in [-0.3, -0.25) is 19.9 Å². The van der Waals surface area contributed by atoms with Gasteiger partial charge in [0.2, 0.25) is 0 Å². The summed E-state index contributed by atoms with van der Waals surface area (Å²) in [5.74, 6) is 0. The van der Waals surface area contributed by atoms with E-state index in [0.717, 1.165) is 45.3 Å². The van der Waals surface area contributed by atoms with Crippen LogP contribution in [0, 0.1) is 39.8 Å². The molecule has 6 aromatic rings. The van der Waals surface area contributed by atoms with Gasteiger partial charge in [-0.15, -0.1) is 71.8 Å². The van der Waals surface area contributed by atoms with Crippen LogP contribution < -0.4 is 0 Å². The Kier molecular flexibility index (Phi) is 18.9. The van der Waals surface area contributed by atoms with Gasteiger partial charge in [0, 0.05) is 47.6 Å². The van der Waals surface area contributed by atoms with Gasteiger partial charge in [0.1, 0.15) is 0 Å². The van der Waals surface area contributed by atoms with Crippen molar-refractivity contribution >= 4 is 25.3 Å². The zero-order valence-corrected chi connectivity index (χ0v) is 30.7. The number of hydrogen-bond donors (Lipinski definition) is 0. The van der Waals surface area contributed by atoms with Crippen LogP contribution in [0.4, 0.5) is 0 Å². The summed E-state index contributed by atoms with van der Waals surface area (Å²) >= 11 is 9.40. The average molecular weight is 977 g/mol. The maximum atomic E-state index is 4.70. The van der Waals surface area contributed by atoms with E-state index in [1.54, 1.807) is 36.9 Å². The van der Waals surface area contributed by atoms with Crippen molar-refractivity contribution in [2.45, 2.75) is 37.7 Å². The fourth-order valence-corrected chi connectivity index (χ4v) is 3.78. The number of aromatic nitrogens is 6. The minimum Gasteiger partial charge on any atom is -0.760 e. The summed E-state index contributed by atoms with van der Waals surface area (Å²) in [7, 11) is 0. The van der Waals surface area contributed by atoms with Crippen LogP contribution in [0.2, 0.25) is 0 Å². The fraction of sp³-hybridized carbons (Fsp3) is 0.118. The third-order valence-corrected chi connectivity index (χ3v) is 5.82. The quantitative estimate of drug-likeness (QED) is 0.135. The van der Waals surface area contributed by atoms with Crippen LogP contribution in [0.3, 0.4) is 0 Å². The molecule has 4 aromatic heterocycles. The number of benzene rings is 2. The molecule has 0 bridgehead atoms. The summed E-state index contributed by atoms with van der Waals surface area (Å²) in [4.78, 5) is 25.0. The Balaban J connectivity index is 0.000000303. The molecule has 0 atom stereocenters. The first-order valence-corrected chi connectivity index (χ1v) is 13.9. The van der Waals surface area contributed by atoms with Gasteiger partial charge in [-0.2, -0.15) is 0 Å². The van der Waals surface area contributed by atoms with Crippen LogP contribution >= 0.6 is 0 Å². The van der Waals surface area contributed by atoms with Gasteiger partial charge < -0.3 is 35.2 Å². The maximum Gasteiger partial charge on any atom is 2.00 e. The molecule has 0 aliphatic heterocycles. The monoisotopic (exact) mass is 976 g/mol. The Morgan fingerprint density at radius 3 is 1.14 bits per heavy atom. The van der Waals surface area contributed by atoms with E-state index in [1.807, 2.05) is 100 Å². The number of hydrogen-bond acceptors (Lipinski definition) is 8. The smallest absolute Gasteiger partial charge is 0.760 e. The van der Waals surface area contributed by atoms with Crippen LogP contribution in [0.25, 0.3) is 22.5 Å². The first-order valence-electron chi connectivity index (χ1n) is 13.0. The Hall–Kier alpha value is -3.28. The van der Waals surface area contributed by atoms with Crippen molar-refractivity contribution in [3.05, 3.63) is 145 Å². The van der Waals surface area contributed by atoms with Gasteiger partial charge in [-0.1, -0.05) is 34.3 Å². The Morgan fingerprint density at radius 1 is 0.500 bits per heavy atom. The molecule has 0 unspecified atom stereocenters. The molecule has 44 heavy (non-hydrogen) atoms. The van der Waals surface area contributed by atoms with Crippen molar-refractivity contribution < 1.29 is 42.1 Å². The number of rotatable bonds is 2. The zero-order chi connectivity index (χ0) is 30.2. The van der Waals surface area contributed by atoms with Crippen molar-refractivity contribution in [2.75, 3.05) is 0 Å². The summed E-state index contributed by atoms with van der Waals surface area (Å²) in [5, 5.41) is 1.31. The van der Waals surface area contributed by atoms with Gasteiger partial charge in [0.15, 0.2) is 0 Å². The second-order valence-corrected chi connectivity index (χ2v) is 9.62. The fourth-order valence-electron chi connectivity index (χ4n) is 3.50. The number of nitrogens with zero attached hydrogens (tertiary/aromatic N) is 6. The standard InChI is InChI=1S/2C12H11N2.2C5H5NS.2Pt/c2*1-9-8-13-12(10(2)14-9)11-6-4-3-5-7-11;2*7-5-3-1-2-4-6-5;;/h2*3-6,8H,1-2H3;2*1-4H,(H,6,7);;/q2*-1;;;2*+2/p-2. The summed E-state index contributed by atoms with van der Waals surface area (Å²) in [6, 6.07) is 32.9. The van der Waals surface area contributed by atoms with E-state index >= 15 is 0 Å². The third kappa shape index (κ3) is 14.0. The molecule has 0 saturated heterocycles. The van der Waals surface area contributed by atoms with E-state index < -0.39 is 0 Å². The molecular formula is C34H30N6Pt2S2. The SMILES string of the molecule is Cc1cnc(-c2[c-]cccc2)c(C)n1.Cc1cnc(-c2[c-]cccc2)c(C)n1.[Pt+2].[Pt+2].[S-]c1ccccn1.[S-]c1ccccn1. The first kappa shape index (κ1) is 38.7. The van der Waals surface area contributed by atoms with Crippen molar-refractivity contribution in [2.24, 2.45) is 0 Å². The van der Waals surface area contributed by atoms with Gasteiger partial charge in [0.05, 0.1) is 11.4 Å². The summed E-state index contributed by atoms with van der Waals surface area (Å²) in [6.07, 6.45) is 6.93. The third-order valence-electron chi connectivity index (χ3n) is 5.34. The number of pyridine rings is 2. The van der Waals surface area contributed by atoms with E-state index in [2.05, 4.69) is 42.0 Å². The average Bonchev–Trinajstić information content (AvgIpc) is 3.00. The van der Waals surface area contributed by atoms with Crippen LogP contribution in [0.15, 0.2) is 120 Å². The largest absolute Gasteiger partial charge is 2.00 e. The predicted molar refractivity (Wildman–Crippen MR) is 171 cm³/mol. The van der Waals surface area contributed by atoms with Gasteiger partial charge in [-0.05, 0) is 39.8 Å². The molecule has 228 valence electrons. The van der Waals surface area contributed by atoms with Crippen molar-refractivity contribution in [1.82, 2.24) is 29.9 Å². The van der Waals surface area contributed by atoms with Gasteiger partial charge >= 0.3 is 42.1 Å². The Morgan fingerprint density at radius 2 is 0.886 bits per heavy atom. The van der Waals surface area contributed by atoms with Crippen molar-refractivity contribution in [3.8, 4) is 22.5 Å². The molecule has 2 aromatic carbocycles. The van der Waals surface area contributed by atoms with Gasteiger partial charge in [0.25, 0.3) is 0 Å². The van der Waals surface area contributed by atoms with Gasteiger partial charge in [-0.25, -0.2) is 0 Å². The second-order valence-electron chi connectivity index (χ2n) is 8.78. The Labute approximate surface area is 300 Å². The molecule has 4 heterocycles.